The van der Waals surface area contributed by atoms with Crippen molar-refractivity contribution in [2.45, 2.75) is 44.8 Å². The van der Waals surface area contributed by atoms with Crippen molar-refractivity contribution in [3.8, 4) is 5.75 Å². The van der Waals surface area contributed by atoms with Crippen LogP contribution in [0.1, 0.15) is 48.0 Å². The minimum atomic E-state index is -3.03. The fourth-order valence-electron chi connectivity index (χ4n) is 6.16. The van der Waals surface area contributed by atoms with Gasteiger partial charge in [0.25, 0.3) is 0 Å². The number of aliphatic hydroxyl groups is 1. The van der Waals surface area contributed by atoms with Crippen molar-refractivity contribution < 1.29 is 37.3 Å². The Morgan fingerprint density at radius 3 is 2.67 bits per heavy atom. The summed E-state index contributed by atoms with van der Waals surface area (Å²) in [6.07, 6.45) is 4.03. The van der Waals surface area contributed by atoms with Crippen LogP contribution in [0.3, 0.4) is 0 Å². The number of nitrogens with zero attached hydrogens (tertiary/aromatic N) is 2. The molecule has 3 aromatic rings. The van der Waals surface area contributed by atoms with Crippen LogP contribution < -0.4 is 9.64 Å². The van der Waals surface area contributed by atoms with Crippen LogP contribution in [0.15, 0.2) is 47.7 Å². The van der Waals surface area contributed by atoms with E-state index in [1.54, 1.807) is 18.2 Å². The second kappa shape index (κ2) is 12.2. The number of methoxy groups -OCH3 is 1. The lowest BCUT2D eigenvalue weighted by Gasteiger charge is -2.31. The molecule has 0 bridgehead atoms. The van der Waals surface area contributed by atoms with Crippen molar-refractivity contribution in [3.63, 3.8) is 0 Å². The molecule has 12 heteroatoms. The predicted octanol–water partition coefficient (Wildman–Crippen LogP) is 6.74. The van der Waals surface area contributed by atoms with Gasteiger partial charge in [-0.15, -0.1) is 0 Å². The maximum atomic E-state index is 14.7. The molecule has 2 aliphatic carbocycles. The third-order valence-corrected chi connectivity index (χ3v) is 9.60. The number of alkyl halides is 2. The Morgan fingerprint density at radius 2 is 1.93 bits per heavy atom. The molecule has 2 aromatic carbocycles. The van der Waals surface area contributed by atoms with E-state index in [1.165, 1.54) is 30.6 Å². The first kappa shape index (κ1) is 29.4. The number of thiazole rings is 1. The summed E-state index contributed by atoms with van der Waals surface area (Å²) in [4.78, 5) is 18.6. The number of allylic oxidation sites excluding steroid dienone is 1. The average molecular weight is 616 g/mol. The molecular formula is C31H32F3N3O5S. The number of benzene rings is 2. The van der Waals surface area contributed by atoms with Crippen LogP contribution in [-0.2, 0) is 9.47 Å². The molecule has 1 unspecified atom stereocenters. The summed E-state index contributed by atoms with van der Waals surface area (Å²) in [6.45, 7) is -1.51. The lowest BCUT2D eigenvalue weighted by molar-refractivity contribution is -0.0499. The Labute approximate surface area is 250 Å². The quantitative estimate of drug-likeness (QED) is 0.148. The molecule has 1 aliphatic heterocycles. The van der Waals surface area contributed by atoms with Crippen molar-refractivity contribution >= 4 is 38.4 Å². The van der Waals surface area contributed by atoms with E-state index in [2.05, 4.69) is 14.6 Å². The van der Waals surface area contributed by atoms with Gasteiger partial charge in [0, 0.05) is 30.1 Å². The molecule has 3 fully saturated rings. The second-order valence-corrected chi connectivity index (χ2v) is 12.4. The fourth-order valence-corrected chi connectivity index (χ4v) is 7.19. The van der Waals surface area contributed by atoms with Crippen molar-refractivity contribution in [2.24, 2.45) is 17.8 Å². The number of aliphatic hydroxyl groups excluding tert-OH is 1. The van der Waals surface area contributed by atoms with Crippen LogP contribution in [0.4, 0.5) is 18.3 Å². The number of aromatic nitrogens is 1. The highest BCUT2D eigenvalue weighted by Gasteiger charge is 2.40. The van der Waals surface area contributed by atoms with Gasteiger partial charge < -0.3 is 24.2 Å². The van der Waals surface area contributed by atoms with Crippen molar-refractivity contribution in [1.29, 1.82) is 5.41 Å². The number of fused-ring (bicyclic) bond motifs is 2. The number of carbonyl (C=O) groups is 1. The first-order valence-electron chi connectivity index (χ1n) is 14.3. The lowest BCUT2D eigenvalue weighted by atomic mass is 9.80. The zero-order valence-electron chi connectivity index (χ0n) is 23.5. The third-order valence-electron chi connectivity index (χ3n) is 8.54. The van der Waals surface area contributed by atoms with Crippen LogP contribution in [0, 0.1) is 29.0 Å². The molecule has 3 atom stereocenters. The fraction of sp³-hybridized carbons (Fsp3) is 0.452. The zero-order valence-corrected chi connectivity index (χ0v) is 24.3. The number of halogens is 3. The Kier molecular flexibility index (Phi) is 8.32. The summed E-state index contributed by atoms with van der Waals surface area (Å²) >= 11 is 1.35. The van der Waals surface area contributed by atoms with Crippen LogP contribution in [0.25, 0.3) is 10.2 Å². The van der Waals surface area contributed by atoms with Gasteiger partial charge in [-0.1, -0.05) is 23.5 Å². The molecule has 6 rings (SSSR count). The minimum absolute atomic E-state index is 0.00434. The highest BCUT2D eigenvalue weighted by Crippen LogP contribution is 2.42. The van der Waals surface area contributed by atoms with E-state index in [-0.39, 0.29) is 52.5 Å². The summed E-state index contributed by atoms with van der Waals surface area (Å²) in [5, 5.41) is 20.5. The van der Waals surface area contributed by atoms with Gasteiger partial charge in [-0.3, -0.25) is 5.41 Å². The van der Waals surface area contributed by atoms with E-state index in [4.69, 9.17) is 14.9 Å². The molecule has 228 valence electrons. The van der Waals surface area contributed by atoms with E-state index in [0.29, 0.717) is 27.2 Å². The van der Waals surface area contributed by atoms with Gasteiger partial charge in [0.05, 0.1) is 35.8 Å². The van der Waals surface area contributed by atoms with Gasteiger partial charge in [0.1, 0.15) is 17.0 Å². The monoisotopic (exact) mass is 615 g/mol. The van der Waals surface area contributed by atoms with Crippen LogP contribution >= 0.6 is 11.3 Å². The van der Waals surface area contributed by atoms with Crippen molar-refractivity contribution in [1.82, 2.24) is 4.98 Å². The highest BCUT2D eigenvalue weighted by molar-refractivity contribution is 7.22. The number of carbonyl (C=O) groups excluding carboxylic acids is 1. The van der Waals surface area contributed by atoms with E-state index in [1.807, 2.05) is 0 Å². The molecule has 43 heavy (non-hydrogen) atoms. The Hall–Kier alpha value is -3.64. The highest BCUT2D eigenvalue weighted by atomic mass is 32.1. The third kappa shape index (κ3) is 6.21. The number of ether oxygens (including phenoxy) is 3. The Morgan fingerprint density at radius 1 is 1.16 bits per heavy atom. The molecule has 2 saturated carbocycles. The summed E-state index contributed by atoms with van der Waals surface area (Å²) in [7, 11) is 1.26. The molecule has 1 saturated heterocycles. The van der Waals surface area contributed by atoms with Gasteiger partial charge in [0.15, 0.2) is 10.9 Å². The lowest BCUT2D eigenvalue weighted by Crippen LogP contribution is -2.30. The summed E-state index contributed by atoms with van der Waals surface area (Å²) in [6, 6.07) is 8.87. The van der Waals surface area contributed by atoms with E-state index < -0.39 is 18.4 Å². The predicted molar refractivity (Wildman–Crippen MR) is 156 cm³/mol. The molecular weight excluding hydrogens is 583 g/mol. The van der Waals surface area contributed by atoms with Gasteiger partial charge in [-0.25, -0.2) is 14.2 Å². The topological polar surface area (TPSA) is 105 Å². The molecule has 2 N–H and O–H groups in total. The number of nitrogens with one attached hydrogen (secondary N) is 1. The molecule has 0 radical (unpaired) electrons. The zero-order chi connectivity index (χ0) is 30.2. The number of hydrogen-bond acceptors (Lipinski definition) is 9. The number of hydrogen-bond donors (Lipinski definition) is 2. The number of anilines is 1. The summed E-state index contributed by atoms with van der Waals surface area (Å²) < 4.78 is 57.0. The molecule has 2 heterocycles. The number of esters is 1. The molecule has 0 amide bonds. The van der Waals surface area contributed by atoms with E-state index >= 15 is 0 Å². The maximum absolute atomic E-state index is 14.7. The summed E-state index contributed by atoms with van der Waals surface area (Å²) in [5.74, 6) is -0.499. The van der Waals surface area contributed by atoms with Crippen LogP contribution in [0.2, 0.25) is 0 Å². The number of para-hydroxylation sites is 1. The van der Waals surface area contributed by atoms with E-state index in [0.717, 1.165) is 51.3 Å². The first-order chi connectivity index (χ1) is 20.7. The SMILES string of the molecule is COC(=O)c1cc(F)c2nc(N3CC4CC[C@H](OC/C(C(=N)c5ccccc5OC(F)F)=C(/O)C5CC5)C[C@H]4C3)sc2c1. The van der Waals surface area contributed by atoms with Gasteiger partial charge >= 0.3 is 12.6 Å². The Balaban J connectivity index is 1.13. The van der Waals surface area contributed by atoms with Crippen LogP contribution in [0.5, 0.6) is 5.75 Å². The molecule has 1 aromatic heterocycles. The molecule has 8 nitrogen and oxygen atoms in total. The normalized spacial score (nSPS) is 22.4. The molecule has 0 spiro atoms. The molecule has 3 aliphatic rings. The maximum Gasteiger partial charge on any atom is 0.387 e. The first-order valence-corrected chi connectivity index (χ1v) is 15.1. The van der Waals surface area contributed by atoms with Gasteiger partial charge in [0.2, 0.25) is 0 Å². The van der Waals surface area contributed by atoms with Gasteiger partial charge in [-0.2, -0.15) is 8.78 Å². The van der Waals surface area contributed by atoms with Crippen molar-refractivity contribution in [2.75, 3.05) is 31.7 Å². The number of rotatable bonds is 10. The minimum Gasteiger partial charge on any atom is -0.512 e. The largest absolute Gasteiger partial charge is 0.512 e. The van der Waals surface area contributed by atoms with E-state index in [9.17, 15) is 23.1 Å². The average Bonchev–Trinajstić information content (AvgIpc) is 3.61. The smallest absolute Gasteiger partial charge is 0.387 e. The van der Waals surface area contributed by atoms with Crippen molar-refractivity contribution in [3.05, 3.63) is 64.7 Å². The standard InChI is InChI=1S/C31H32F3N3O5S/c1-40-29(39)18-11-23(32)27-25(12-18)43-31(36-27)37-13-17-8-9-20(10-19(17)14-37)41-15-22(28(38)16-6-7-16)26(35)21-4-2-3-5-24(21)42-30(33)34/h2-5,11-12,16-17,19-20,30,35,38H,6-10,13-15H2,1H3/b28-22-,35-26?/t17?,19-,20-/m0/s1. The Bertz CT molecular complexity index is 1570. The second-order valence-electron chi connectivity index (χ2n) is 11.4. The van der Waals surface area contributed by atoms with Crippen LogP contribution in [-0.4, -0.2) is 61.3 Å². The summed E-state index contributed by atoms with van der Waals surface area (Å²) in [5.41, 5.74) is 0.777. The van der Waals surface area contributed by atoms with Gasteiger partial charge in [-0.05, 0) is 68.2 Å².